The molecule has 16 heavy (non-hydrogen) atoms. The maximum atomic E-state index is 11.2. The molecule has 0 spiro atoms. The number of ketones is 1. The monoisotopic (exact) mass is 232 g/mol. The number of aliphatic hydroxyl groups excluding tert-OH is 2. The van der Waals surface area contributed by atoms with Gasteiger partial charge in [-0.15, -0.1) is 0 Å². The third-order valence-corrected chi connectivity index (χ3v) is 2.32. The molecule has 0 radical (unpaired) electrons. The summed E-state index contributed by atoms with van der Waals surface area (Å²) in [6, 6.07) is 0. The fraction of sp³-hybridized carbons (Fsp3) is 0.818. The predicted octanol–water partition coefficient (Wildman–Crippen LogP) is 0.277. The highest BCUT2D eigenvalue weighted by Crippen LogP contribution is 2.11. The minimum atomic E-state index is -0.908. The number of carbonyl (C=O) groups is 2. The fourth-order valence-electron chi connectivity index (χ4n) is 1.20. The lowest BCUT2D eigenvalue weighted by molar-refractivity contribution is -0.143. The summed E-state index contributed by atoms with van der Waals surface area (Å²) >= 11 is 0. The molecule has 0 aliphatic heterocycles. The average Bonchev–Trinajstić information content (AvgIpc) is 2.16. The van der Waals surface area contributed by atoms with Gasteiger partial charge in [-0.3, -0.25) is 9.59 Å². The maximum Gasteiger partial charge on any atom is 0.313 e. The molecule has 0 aromatic carbocycles. The average molecular weight is 232 g/mol. The summed E-state index contributed by atoms with van der Waals surface area (Å²) in [5.41, 5.74) is 0. The molecule has 0 saturated heterocycles. The van der Waals surface area contributed by atoms with Crippen molar-refractivity contribution in [3.05, 3.63) is 0 Å². The van der Waals surface area contributed by atoms with Crippen LogP contribution in [-0.4, -0.2) is 41.3 Å². The first-order valence-electron chi connectivity index (χ1n) is 5.31. The Morgan fingerprint density at radius 3 is 2.25 bits per heavy atom. The molecule has 0 aliphatic carbocycles. The molecule has 0 fully saturated rings. The second kappa shape index (κ2) is 7.35. The number of hydrogen-bond acceptors (Lipinski definition) is 5. The van der Waals surface area contributed by atoms with Gasteiger partial charge in [0.2, 0.25) is 0 Å². The molecule has 5 nitrogen and oxygen atoms in total. The van der Waals surface area contributed by atoms with Crippen molar-refractivity contribution in [2.75, 3.05) is 7.11 Å². The van der Waals surface area contributed by atoms with Crippen molar-refractivity contribution in [2.45, 2.75) is 45.3 Å². The van der Waals surface area contributed by atoms with Crippen LogP contribution in [0.5, 0.6) is 0 Å². The van der Waals surface area contributed by atoms with Gasteiger partial charge in [-0.25, -0.2) is 0 Å². The van der Waals surface area contributed by atoms with E-state index >= 15 is 0 Å². The van der Waals surface area contributed by atoms with E-state index in [4.69, 9.17) is 0 Å². The number of carbonyl (C=O) groups excluding carboxylic acids is 2. The minimum absolute atomic E-state index is 0.0327. The number of methoxy groups -OCH3 is 1. The molecule has 0 aromatic heterocycles. The first-order chi connectivity index (χ1) is 7.36. The van der Waals surface area contributed by atoms with Gasteiger partial charge in [-0.1, -0.05) is 13.8 Å². The Kier molecular flexibility index (Phi) is 6.92. The van der Waals surface area contributed by atoms with Gasteiger partial charge in [0.1, 0.15) is 12.2 Å². The predicted molar refractivity (Wildman–Crippen MR) is 57.7 cm³/mol. The number of hydrogen-bond donors (Lipinski definition) is 2. The Bertz CT molecular complexity index is 237. The number of aliphatic hydroxyl groups is 2. The summed E-state index contributed by atoms with van der Waals surface area (Å²) in [4.78, 5) is 22.0. The van der Waals surface area contributed by atoms with Crippen LogP contribution in [0.4, 0.5) is 0 Å². The lowest BCUT2D eigenvalue weighted by Crippen LogP contribution is -2.25. The number of Topliss-reactive ketones (excluding diaryl/α,β-unsaturated/α-hetero) is 1. The molecule has 0 saturated carbocycles. The molecular formula is C11H20O5. The molecular weight excluding hydrogens is 212 g/mol. The number of esters is 1. The third kappa shape index (κ3) is 6.53. The molecule has 94 valence electrons. The SMILES string of the molecule is COC(=O)CC(=O)C[C@H](O)C[C@H](O)C(C)C. The standard InChI is InChI=1S/C11H20O5/c1-7(2)10(14)5-8(12)4-9(13)6-11(15)16-3/h7-8,10,12,14H,4-6H2,1-3H3/t8-,10-/m0/s1. The molecule has 5 heteroatoms. The van der Waals surface area contributed by atoms with E-state index in [9.17, 15) is 19.8 Å². The molecule has 2 N–H and O–H groups in total. The molecule has 0 heterocycles. The summed E-state index contributed by atoms with van der Waals surface area (Å²) in [6.45, 7) is 3.65. The highest BCUT2D eigenvalue weighted by atomic mass is 16.5. The largest absolute Gasteiger partial charge is 0.469 e. The van der Waals surface area contributed by atoms with Crippen LogP contribution >= 0.6 is 0 Å². The second-order valence-electron chi connectivity index (χ2n) is 4.20. The fourth-order valence-corrected chi connectivity index (χ4v) is 1.20. The Balaban J connectivity index is 3.91. The van der Waals surface area contributed by atoms with Crippen LogP contribution < -0.4 is 0 Å². The van der Waals surface area contributed by atoms with Gasteiger partial charge in [0, 0.05) is 6.42 Å². The van der Waals surface area contributed by atoms with E-state index in [1.807, 2.05) is 13.8 Å². The Morgan fingerprint density at radius 1 is 1.25 bits per heavy atom. The molecule has 0 unspecified atom stereocenters. The number of ether oxygens (including phenoxy) is 1. The van der Waals surface area contributed by atoms with Gasteiger partial charge in [-0.05, 0) is 12.3 Å². The van der Waals surface area contributed by atoms with Gasteiger partial charge in [0.25, 0.3) is 0 Å². The van der Waals surface area contributed by atoms with Crippen molar-refractivity contribution in [3.63, 3.8) is 0 Å². The Hall–Kier alpha value is -0.940. The topological polar surface area (TPSA) is 83.8 Å². The zero-order valence-corrected chi connectivity index (χ0v) is 9.97. The van der Waals surface area contributed by atoms with Crippen molar-refractivity contribution in [1.82, 2.24) is 0 Å². The summed E-state index contributed by atoms with van der Waals surface area (Å²) < 4.78 is 4.33. The quantitative estimate of drug-likeness (QED) is 0.486. The lowest BCUT2D eigenvalue weighted by atomic mass is 9.98. The normalized spacial score (nSPS) is 14.6. The molecule has 0 amide bonds. The molecule has 0 bridgehead atoms. The van der Waals surface area contributed by atoms with Gasteiger partial charge < -0.3 is 14.9 Å². The molecule has 0 rings (SSSR count). The maximum absolute atomic E-state index is 11.2. The van der Waals surface area contributed by atoms with Gasteiger partial charge in [0.05, 0.1) is 19.3 Å². The van der Waals surface area contributed by atoms with E-state index in [2.05, 4.69) is 4.74 Å². The van der Waals surface area contributed by atoms with Crippen molar-refractivity contribution in [1.29, 1.82) is 0 Å². The van der Waals surface area contributed by atoms with Crippen LogP contribution in [0.2, 0.25) is 0 Å². The first-order valence-corrected chi connectivity index (χ1v) is 5.31. The first kappa shape index (κ1) is 15.1. The van der Waals surface area contributed by atoms with E-state index in [1.54, 1.807) is 0 Å². The van der Waals surface area contributed by atoms with E-state index in [-0.39, 0.29) is 31.0 Å². The molecule has 2 atom stereocenters. The third-order valence-electron chi connectivity index (χ3n) is 2.32. The smallest absolute Gasteiger partial charge is 0.313 e. The highest BCUT2D eigenvalue weighted by Gasteiger charge is 2.19. The summed E-state index contributed by atoms with van der Waals surface area (Å²) in [7, 11) is 1.20. The number of rotatable bonds is 7. The van der Waals surface area contributed by atoms with Gasteiger partial charge in [-0.2, -0.15) is 0 Å². The lowest BCUT2D eigenvalue weighted by Gasteiger charge is -2.17. The molecule has 0 aromatic rings. The van der Waals surface area contributed by atoms with Crippen molar-refractivity contribution in [3.8, 4) is 0 Å². The molecule has 0 aliphatic rings. The highest BCUT2D eigenvalue weighted by molar-refractivity contribution is 5.95. The van der Waals surface area contributed by atoms with E-state index in [1.165, 1.54) is 7.11 Å². The summed E-state index contributed by atoms with van der Waals surface area (Å²) in [6.07, 6.45) is -1.86. The van der Waals surface area contributed by atoms with Crippen molar-refractivity contribution in [2.24, 2.45) is 5.92 Å². The zero-order chi connectivity index (χ0) is 12.7. The van der Waals surface area contributed by atoms with Crippen molar-refractivity contribution < 1.29 is 24.5 Å². The van der Waals surface area contributed by atoms with Gasteiger partial charge >= 0.3 is 5.97 Å². The van der Waals surface area contributed by atoms with Crippen LogP contribution in [0.3, 0.4) is 0 Å². The van der Waals surface area contributed by atoms with E-state index in [0.717, 1.165) is 0 Å². The zero-order valence-electron chi connectivity index (χ0n) is 9.97. The Morgan fingerprint density at radius 2 is 1.81 bits per heavy atom. The second-order valence-corrected chi connectivity index (χ2v) is 4.20. The van der Waals surface area contributed by atoms with Crippen LogP contribution in [0.1, 0.15) is 33.1 Å². The van der Waals surface area contributed by atoms with Gasteiger partial charge in [0.15, 0.2) is 0 Å². The van der Waals surface area contributed by atoms with E-state index in [0.29, 0.717) is 0 Å². The summed E-state index contributed by atoms with van der Waals surface area (Å²) in [5, 5.41) is 19.0. The van der Waals surface area contributed by atoms with Crippen LogP contribution in [-0.2, 0) is 14.3 Å². The van der Waals surface area contributed by atoms with Crippen LogP contribution in [0.25, 0.3) is 0 Å². The summed E-state index contributed by atoms with van der Waals surface area (Å²) in [5.74, 6) is -0.956. The van der Waals surface area contributed by atoms with E-state index < -0.39 is 18.2 Å². The van der Waals surface area contributed by atoms with Crippen LogP contribution in [0, 0.1) is 5.92 Å². The van der Waals surface area contributed by atoms with Crippen molar-refractivity contribution >= 4 is 11.8 Å². The minimum Gasteiger partial charge on any atom is -0.469 e. The Labute approximate surface area is 95.4 Å². The van der Waals surface area contributed by atoms with Crippen LogP contribution in [0.15, 0.2) is 0 Å².